The molecular formula is C21H25ClN2O4S. The minimum absolute atomic E-state index is 0.00532. The summed E-state index contributed by atoms with van der Waals surface area (Å²) in [4.78, 5) is 27.7. The lowest BCUT2D eigenvalue weighted by Crippen LogP contribution is -2.44. The second-order valence-corrected chi connectivity index (χ2v) is 8.29. The smallest absolute Gasteiger partial charge is 0.409 e. The monoisotopic (exact) mass is 436 g/mol. The van der Waals surface area contributed by atoms with Crippen LogP contribution < -0.4 is 5.32 Å². The molecule has 0 radical (unpaired) electrons. The van der Waals surface area contributed by atoms with Crippen LogP contribution in [0.25, 0.3) is 0 Å². The van der Waals surface area contributed by atoms with Crippen LogP contribution in [-0.4, -0.2) is 50.3 Å². The van der Waals surface area contributed by atoms with Gasteiger partial charge in [0.05, 0.1) is 12.6 Å². The van der Waals surface area contributed by atoms with Crippen molar-refractivity contribution in [2.75, 3.05) is 33.4 Å². The fourth-order valence-electron chi connectivity index (χ4n) is 3.32. The molecule has 0 saturated carbocycles. The standard InChI is InChI=1S/C21H25ClN2O4S/c1-27-12-13-28-21(26)24-10-8-16(9-11-24)20(25)23-19(18-3-2-14-29-18)15-4-6-17(22)7-5-15/h2-7,14,16,19H,8-13H2,1H3,(H,23,25). The Morgan fingerprint density at radius 3 is 2.55 bits per heavy atom. The average molecular weight is 437 g/mol. The molecule has 1 saturated heterocycles. The van der Waals surface area contributed by atoms with Gasteiger partial charge in [0.1, 0.15) is 6.61 Å². The zero-order chi connectivity index (χ0) is 20.6. The van der Waals surface area contributed by atoms with E-state index in [1.165, 1.54) is 0 Å². The fraction of sp³-hybridized carbons (Fsp3) is 0.429. The summed E-state index contributed by atoms with van der Waals surface area (Å²) >= 11 is 7.62. The maximum absolute atomic E-state index is 12.9. The van der Waals surface area contributed by atoms with Gasteiger partial charge in [-0.25, -0.2) is 4.79 Å². The molecule has 0 spiro atoms. The van der Waals surface area contributed by atoms with Crippen LogP contribution in [0.3, 0.4) is 0 Å². The summed E-state index contributed by atoms with van der Waals surface area (Å²) in [6.45, 7) is 1.63. The number of benzene rings is 1. The molecule has 156 valence electrons. The van der Waals surface area contributed by atoms with Crippen LogP contribution in [0.4, 0.5) is 4.79 Å². The third-order valence-electron chi connectivity index (χ3n) is 4.95. The maximum Gasteiger partial charge on any atom is 0.409 e. The highest BCUT2D eigenvalue weighted by molar-refractivity contribution is 7.10. The Morgan fingerprint density at radius 1 is 1.21 bits per heavy atom. The van der Waals surface area contributed by atoms with Gasteiger partial charge in [0, 0.05) is 36.0 Å². The Balaban J connectivity index is 1.58. The van der Waals surface area contributed by atoms with Crippen molar-refractivity contribution in [3.63, 3.8) is 0 Å². The Kier molecular flexibility index (Phi) is 7.91. The molecular weight excluding hydrogens is 412 g/mol. The molecule has 0 bridgehead atoms. The number of piperidine rings is 1. The second kappa shape index (κ2) is 10.6. The van der Waals surface area contributed by atoms with E-state index in [-0.39, 0.29) is 30.6 Å². The van der Waals surface area contributed by atoms with E-state index in [0.29, 0.717) is 37.6 Å². The van der Waals surface area contributed by atoms with E-state index >= 15 is 0 Å². The third-order valence-corrected chi connectivity index (χ3v) is 6.14. The zero-order valence-corrected chi connectivity index (χ0v) is 17.9. The van der Waals surface area contributed by atoms with Crippen molar-refractivity contribution in [1.82, 2.24) is 10.2 Å². The van der Waals surface area contributed by atoms with Gasteiger partial charge in [-0.1, -0.05) is 29.8 Å². The number of methoxy groups -OCH3 is 1. The highest BCUT2D eigenvalue weighted by Crippen LogP contribution is 2.28. The number of likely N-dealkylation sites (tertiary alicyclic amines) is 1. The van der Waals surface area contributed by atoms with E-state index in [4.69, 9.17) is 21.1 Å². The Morgan fingerprint density at radius 2 is 1.93 bits per heavy atom. The average Bonchev–Trinajstić information content (AvgIpc) is 3.27. The molecule has 6 nitrogen and oxygen atoms in total. The summed E-state index contributed by atoms with van der Waals surface area (Å²) in [5.74, 6) is -0.126. The molecule has 1 aromatic heterocycles. The number of amides is 2. The molecule has 1 aromatic carbocycles. The van der Waals surface area contributed by atoms with Gasteiger partial charge in [-0.15, -0.1) is 11.3 Å². The van der Waals surface area contributed by atoms with Crippen molar-refractivity contribution >= 4 is 34.9 Å². The first-order chi connectivity index (χ1) is 14.1. The second-order valence-electron chi connectivity index (χ2n) is 6.88. The molecule has 0 aliphatic carbocycles. The van der Waals surface area contributed by atoms with Gasteiger partial charge in [-0.3, -0.25) is 4.79 Å². The lowest BCUT2D eigenvalue weighted by Gasteiger charge is -2.31. The van der Waals surface area contributed by atoms with Crippen LogP contribution in [0.15, 0.2) is 41.8 Å². The van der Waals surface area contributed by atoms with Crippen LogP contribution in [0.2, 0.25) is 5.02 Å². The normalized spacial score (nSPS) is 15.7. The number of hydrogen-bond acceptors (Lipinski definition) is 5. The van der Waals surface area contributed by atoms with Gasteiger partial charge in [0.2, 0.25) is 5.91 Å². The molecule has 8 heteroatoms. The predicted molar refractivity (Wildman–Crippen MR) is 113 cm³/mol. The number of nitrogens with zero attached hydrogens (tertiary/aromatic N) is 1. The number of carbonyl (C=O) groups excluding carboxylic acids is 2. The number of rotatable bonds is 7. The van der Waals surface area contributed by atoms with E-state index in [1.54, 1.807) is 23.3 Å². The summed E-state index contributed by atoms with van der Waals surface area (Å²) < 4.78 is 10.0. The van der Waals surface area contributed by atoms with Crippen LogP contribution >= 0.6 is 22.9 Å². The zero-order valence-electron chi connectivity index (χ0n) is 16.3. The van der Waals surface area contributed by atoms with Crippen molar-refractivity contribution in [2.24, 2.45) is 5.92 Å². The van der Waals surface area contributed by atoms with Crippen molar-refractivity contribution in [3.05, 3.63) is 57.2 Å². The molecule has 1 unspecified atom stereocenters. The van der Waals surface area contributed by atoms with Crippen molar-refractivity contribution in [2.45, 2.75) is 18.9 Å². The summed E-state index contributed by atoms with van der Waals surface area (Å²) in [6.07, 6.45) is 0.880. The molecule has 1 N–H and O–H groups in total. The van der Waals surface area contributed by atoms with E-state index in [9.17, 15) is 9.59 Å². The fourth-order valence-corrected chi connectivity index (χ4v) is 4.25. The molecule has 1 atom stereocenters. The summed E-state index contributed by atoms with van der Waals surface area (Å²) in [5.41, 5.74) is 0.990. The number of halogens is 1. The van der Waals surface area contributed by atoms with Crippen LogP contribution in [0.1, 0.15) is 29.3 Å². The molecule has 3 rings (SSSR count). The number of nitrogens with one attached hydrogen (secondary N) is 1. The molecule has 2 heterocycles. The highest BCUT2D eigenvalue weighted by Gasteiger charge is 2.30. The quantitative estimate of drug-likeness (QED) is 0.663. The van der Waals surface area contributed by atoms with Crippen molar-refractivity contribution in [1.29, 1.82) is 0 Å². The lowest BCUT2D eigenvalue weighted by molar-refractivity contribution is -0.126. The van der Waals surface area contributed by atoms with E-state index in [1.807, 2.05) is 41.8 Å². The number of carbonyl (C=O) groups is 2. The minimum atomic E-state index is -0.349. The van der Waals surface area contributed by atoms with Crippen LogP contribution in [0, 0.1) is 5.92 Å². The topological polar surface area (TPSA) is 67.9 Å². The summed E-state index contributed by atoms with van der Waals surface area (Å²) in [7, 11) is 1.56. The Bertz CT molecular complexity index is 790. The first kappa shape index (κ1) is 21.6. The van der Waals surface area contributed by atoms with Gasteiger partial charge >= 0.3 is 6.09 Å². The first-order valence-electron chi connectivity index (χ1n) is 9.58. The molecule has 1 fully saturated rings. The number of hydrogen-bond donors (Lipinski definition) is 1. The van der Waals surface area contributed by atoms with E-state index in [0.717, 1.165) is 10.4 Å². The first-order valence-corrected chi connectivity index (χ1v) is 10.8. The highest BCUT2D eigenvalue weighted by atomic mass is 35.5. The van der Waals surface area contributed by atoms with Crippen LogP contribution in [0.5, 0.6) is 0 Å². The summed E-state index contributed by atoms with van der Waals surface area (Å²) in [6, 6.07) is 11.3. The Hall–Kier alpha value is -2.09. The van der Waals surface area contributed by atoms with Crippen molar-refractivity contribution < 1.29 is 19.1 Å². The van der Waals surface area contributed by atoms with Gasteiger partial charge in [0.15, 0.2) is 0 Å². The number of ether oxygens (including phenoxy) is 2. The lowest BCUT2D eigenvalue weighted by atomic mass is 9.95. The molecule has 1 aliphatic heterocycles. The minimum Gasteiger partial charge on any atom is -0.447 e. The van der Waals surface area contributed by atoms with Crippen molar-refractivity contribution in [3.8, 4) is 0 Å². The van der Waals surface area contributed by atoms with Gasteiger partial charge in [-0.05, 0) is 42.0 Å². The largest absolute Gasteiger partial charge is 0.447 e. The van der Waals surface area contributed by atoms with Gasteiger partial charge in [-0.2, -0.15) is 0 Å². The van der Waals surface area contributed by atoms with Gasteiger partial charge in [0.25, 0.3) is 0 Å². The predicted octanol–water partition coefficient (Wildman–Crippen LogP) is 4.10. The maximum atomic E-state index is 12.9. The number of thiophene rings is 1. The van der Waals surface area contributed by atoms with E-state index < -0.39 is 0 Å². The molecule has 1 aliphatic rings. The van der Waals surface area contributed by atoms with Crippen LogP contribution in [-0.2, 0) is 14.3 Å². The van der Waals surface area contributed by atoms with Gasteiger partial charge < -0.3 is 19.7 Å². The Labute approximate surface area is 179 Å². The molecule has 29 heavy (non-hydrogen) atoms. The SMILES string of the molecule is COCCOC(=O)N1CCC(C(=O)NC(c2ccc(Cl)cc2)c2cccs2)CC1. The third kappa shape index (κ3) is 5.95. The molecule has 2 amide bonds. The summed E-state index contributed by atoms with van der Waals surface area (Å²) in [5, 5.41) is 5.85. The molecule has 2 aromatic rings. The van der Waals surface area contributed by atoms with E-state index in [2.05, 4.69) is 5.32 Å².